The Morgan fingerprint density at radius 1 is 1.47 bits per heavy atom. The number of aromatic nitrogens is 1. The highest BCUT2D eigenvalue weighted by molar-refractivity contribution is 7.13. The van der Waals surface area contributed by atoms with Crippen LogP contribution in [-0.4, -0.2) is 34.1 Å². The molecular weight excluding hydrogens is 242 g/mol. The summed E-state index contributed by atoms with van der Waals surface area (Å²) in [5.74, 6) is -1.24. The van der Waals surface area contributed by atoms with E-state index in [-0.39, 0.29) is 23.7 Å². The fourth-order valence-corrected chi connectivity index (χ4v) is 1.75. The second kappa shape index (κ2) is 5.13. The molecule has 6 nitrogen and oxygen atoms in total. The monoisotopic (exact) mass is 257 g/mol. The molecule has 1 aromatic rings. The van der Waals surface area contributed by atoms with Crippen LogP contribution in [0.25, 0.3) is 0 Å². The van der Waals surface area contributed by atoms with Crippen molar-refractivity contribution in [1.82, 2.24) is 10.3 Å². The fraction of sp³-hybridized carbons (Fsp3) is 0.500. The van der Waals surface area contributed by atoms with Crippen LogP contribution in [0.2, 0.25) is 0 Å². The van der Waals surface area contributed by atoms with Gasteiger partial charge in [0.25, 0.3) is 0 Å². The van der Waals surface area contributed by atoms with Crippen molar-refractivity contribution < 1.29 is 14.7 Å². The number of anilines is 1. The maximum absolute atomic E-state index is 11.5. The number of hydrogen-bond acceptors (Lipinski definition) is 5. The Bertz CT molecular complexity index is 423. The zero-order valence-electron chi connectivity index (χ0n) is 9.90. The highest BCUT2D eigenvalue weighted by atomic mass is 32.1. The lowest BCUT2D eigenvalue weighted by atomic mass is 10.1. The van der Waals surface area contributed by atoms with Gasteiger partial charge in [-0.2, -0.15) is 0 Å². The molecule has 7 heteroatoms. The molecule has 0 radical (unpaired) electrons. The molecule has 0 aliphatic carbocycles. The molecule has 0 aliphatic rings. The van der Waals surface area contributed by atoms with Gasteiger partial charge in [-0.15, -0.1) is 11.3 Å². The fourth-order valence-electron chi connectivity index (χ4n) is 1.07. The lowest BCUT2D eigenvalue weighted by molar-refractivity contribution is -0.120. The third-order valence-electron chi connectivity index (χ3n) is 1.64. The third-order valence-corrected chi connectivity index (χ3v) is 2.44. The van der Waals surface area contributed by atoms with E-state index < -0.39 is 5.97 Å². The van der Waals surface area contributed by atoms with E-state index in [0.29, 0.717) is 5.13 Å². The average molecular weight is 257 g/mol. The highest BCUT2D eigenvalue weighted by Gasteiger charge is 2.14. The molecule has 1 heterocycles. The number of carboxylic acid groups (broad SMARTS) is 1. The molecule has 0 aliphatic heterocycles. The third kappa shape index (κ3) is 4.81. The van der Waals surface area contributed by atoms with Crippen LogP contribution < -0.4 is 10.6 Å². The molecule has 1 amide bonds. The van der Waals surface area contributed by atoms with E-state index in [9.17, 15) is 9.59 Å². The van der Waals surface area contributed by atoms with Gasteiger partial charge in [0, 0.05) is 10.9 Å². The summed E-state index contributed by atoms with van der Waals surface area (Å²) in [6, 6.07) is 0. The van der Waals surface area contributed by atoms with Gasteiger partial charge in [-0.05, 0) is 20.8 Å². The van der Waals surface area contributed by atoms with Crippen LogP contribution in [0.15, 0.2) is 5.38 Å². The van der Waals surface area contributed by atoms with E-state index in [1.807, 2.05) is 20.8 Å². The van der Waals surface area contributed by atoms with Gasteiger partial charge in [-0.25, -0.2) is 9.78 Å². The molecule has 0 fully saturated rings. The number of hydrogen-bond donors (Lipinski definition) is 3. The Morgan fingerprint density at radius 3 is 2.59 bits per heavy atom. The number of carbonyl (C=O) groups is 2. The van der Waals surface area contributed by atoms with E-state index in [1.54, 1.807) is 0 Å². The van der Waals surface area contributed by atoms with Gasteiger partial charge < -0.3 is 15.7 Å². The van der Waals surface area contributed by atoms with Gasteiger partial charge in [0.1, 0.15) is 0 Å². The average Bonchev–Trinajstić information content (AvgIpc) is 2.60. The topological polar surface area (TPSA) is 91.3 Å². The minimum Gasteiger partial charge on any atom is -0.476 e. The predicted molar refractivity (Wildman–Crippen MR) is 65.5 cm³/mol. The molecule has 0 atom stereocenters. The van der Waals surface area contributed by atoms with Crippen molar-refractivity contribution in [1.29, 1.82) is 0 Å². The second-order valence-electron chi connectivity index (χ2n) is 4.49. The van der Waals surface area contributed by atoms with Crippen LogP contribution in [0.3, 0.4) is 0 Å². The van der Waals surface area contributed by atoms with Crippen molar-refractivity contribution >= 4 is 28.3 Å². The quantitative estimate of drug-likeness (QED) is 0.753. The van der Waals surface area contributed by atoms with Crippen molar-refractivity contribution in [2.75, 3.05) is 11.9 Å². The number of amides is 1. The maximum Gasteiger partial charge on any atom is 0.355 e. The summed E-state index contributed by atoms with van der Waals surface area (Å²) in [5.41, 5.74) is -0.304. The van der Waals surface area contributed by atoms with Crippen LogP contribution >= 0.6 is 11.3 Å². The minimum atomic E-state index is -1.08. The Labute approximate surface area is 103 Å². The van der Waals surface area contributed by atoms with Gasteiger partial charge in [0.15, 0.2) is 10.8 Å². The van der Waals surface area contributed by atoms with E-state index in [0.717, 1.165) is 11.3 Å². The Morgan fingerprint density at radius 2 is 2.12 bits per heavy atom. The van der Waals surface area contributed by atoms with Crippen molar-refractivity contribution in [2.24, 2.45) is 0 Å². The first-order valence-electron chi connectivity index (χ1n) is 5.01. The number of rotatable bonds is 4. The maximum atomic E-state index is 11.5. The smallest absolute Gasteiger partial charge is 0.355 e. The van der Waals surface area contributed by atoms with Crippen molar-refractivity contribution in [3.05, 3.63) is 11.1 Å². The molecule has 17 heavy (non-hydrogen) atoms. The van der Waals surface area contributed by atoms with E-state index in [2.05, 4.69) is 15.6 Å². The van der Waals surface area contributed by atoms with Crippen LogP contribution in [0.4, 0.5) is 5.13 Å². The minimum absolute atomic E-state index is 0.0197. The van der Waals surface area contributed by atoms with Crippen molar-refractivity contribution in [2.45, 2.75) is 26.3 Å². The number of aromatic carboxylic acids is 1. The molecular formula is C10H15N3O3S. The standard InChI is InChI=1S/C10H15N3O3S/c1-10(2,3)13-7(14)4-11-9-12-6(5-17-9)8(15)16/h5H,4H2,1-3H3,(H,11,12)(H,13,14)(H,15,16). The lowest BCUT2D eigenvalue weighted by Gasteiger charge is -2.20. The Kier molecular flexibility index (Phi) is 4.06. The lowest BCUT2D eigenvalue weighted by Crippen LogP contribution is -2.43. The number of nitrogens with zero attached hydrogens (tertiary/aromatic N) is 1. The van der Waals surface area contributed by atoms with Gasteiger partial charge in [0.05, 0.1) is 6.54 Å². The first-order chi connectivity index (χ1) is 7.78. The highest BCUT2D eigenvalue weighted by Crippen LogP contribution is 2.14. The zero-order chi connectivity index (χ0) is 13.1. The first-order valence-corrected chi connectivity index (χ1v) is 5.89. The summed E-state index contributed by atoms with van der Waals surface area (Å²) < 4.78 is 0. The molecule has 94 valence electrons. The molecule has 0 unspecified atom stereocenters. The second-order valence-corrected chi connectivity index (χ2v) is 5.35. The summed E-state index contributed by atoms with van der Waals surface area (Å²) >= 11 is 1.15. The first kappa shape index (κ1) is 13.4. The predicted octanol–water partition coefficient (Wildman–Crippen LogP) is 1.17. The molecule has 0 aromatic carbocycles. The SMILES string of the molecule is CC(C)(C)NC(=O)CNc1nc(C(=O)O)cs1. The normalized spacial score (nSPS) is 11.0. The summed E-state index contributed by atoms with van der Waals surface area (Å²) in [4.78, 5) is 25.8. The molecule has 0 bridgehead atoms. The molecule has 1 aromatic heterocycles. The number of thiazole rings is 1. The number of carbonyl (C=O) groups excluding carboxylic acids is 1. The number of carboxylic acids is 1. The number of nitrogens with one attached hydrogen (secondary N) is 2. The van der Waals surface area contributed by atoms with Crippen LogP contribution in [0.5, 0.6) is 0 Å². The summed E-state index contributed by atoms with van der Waals surface area (Å²) in [6.45, 7) is 5.73. The van der Waals surface area contributed by atoms with E-state index in [1.165, 1.54) is 5.38 Å². The summed E-state index contributed by atoms with van der Waals surface area (Å²) in [5, 5.41) is 16.1. The van der Waals surface area contributed by atoms with Crippen molar-refractivity contribution in [3.8, 4) is 0 Å². The molecule has 1 rings (SSSR count). The Balaban J connectivity index is 2.45. The van der Waals surface area contributed by atoms with Crippen LogP contribution in [-0.2, 0) is 4.79 Å². The zero-order valence-corrected chi connectivity index (χ0v) is 10.7. The van der Waals surface area contributed by atoms with Gasteiger partial charge in [-0.1, -0.05) is 0 Å². The molecule has 0 saturated heterocycles. The van der Waals surface area contributed by atoms with Crippen LogP contribution in [0.1, 0.15) is 31.3 Å². The molecule has 3 N–H and O–H groups in total. The van der Waals surface area contributed by atoms with Gasteiger partial charge in [0.2, 0.25) is 5.91 Å². The molecule has 0 spiro atoms. The molecule has 0 saturated carbocycles. The summed E-state index contributed by atoms with van der Waals surface area (Å²) in [7, 11) is 0. The van der Waals surface area contributed by atoms with E-state index >= 15 is 0 Å². The van der Waals surface area contributed by atoms with Crippen LogP contribution in [0, 0.1) is 0 Å². The summed E-state index contributed by atoms with van der Waals surface area (Å²) in [6.07, 6.45) is 0. The Hall–Kier alpha value is -1.63. The van der Waals surface area contributed by atoms with Gasteiger partial charge in [-0.3, -0.25) is 4.79 Å². The largest absolute Gasteiger partial charge is 0.476 e. The van der Waals surface area contributed by atoms with E-state index in [4.69, 9.17) is 5.11 Å². The van der Waals surface area contributed by atoms with Crippen molar-refractivity contribution in [3.63, 3.8) is 0 Å². The van der Waals surface area contributed by atoms with Gasteiger partial charge >= 0.3 is 5.97 Å².